The number of nitrogens with one attached hydrogen (secondary N) is 2. The van der Waals surface area contributed by atoms with E-state index in [1.54, 1.807) is 12.1 Å². The maximum absolute atomic E-state index is 11.7. The van der Waals surface area contributed by atoms with Gasteiger partial charge in [0.15, 0.2) is 0 Å². The van der Waals surface area contributed by atoms with E-state index < -0.39 is 5.97 Å². The van der Waals surface area contributed by atoms with Gasteiger partial charge in [0.05, 0.1) is 14.2 Å². The number of hydrogen-bond donors (Lipinski definition) is 2. The quantitative estimate of drug-likeness (QED) is 0.630. The molecule has 1 aromatic rings. The molecule has 5 nitrogen and oxygen atoms in total. The number of aryl methyl sites for hydroxylation is 1. The molecule has 0 heterocycles. The summed E-state index contributed by atoms with van der Waals surface area (Å²) in [5.41, 5.74) is 2.38. The second-order valence-electron chi connectivity index (χ2n) is 3.79. The van der Waals surface area contributed by atoms with Gasteiger partial charge in [0.2, 0.25) is 0 Å². The highest BCUT2D eigenvalue weighted by Gasteiger charge is 2.16. The average Bonchev–Trinajstić information content (AvgIpc) is 2.43. The number of hydrogen-bond acceptors (Lipinski definition) is 5. The molecule has 0 aromatic heterocycles. The van der Waals surface area contributed by atoms with E-state index in [1.807, 2.05) is 6.92 Å². The van der Waals surface area contributed by atoms with E-state index in [9.17, 15) is 4.79 Å². The van der Waals surface area contributed by atoms with Crippen LogP contribution < -0.4 is 4.74 Å². The molecule has 0 saturated carbocycles. The van der Waals surface area contributed by atoms with Crippen molar-refractivity contribution in [2.75, 3.05) is 14.2 Å². The summed E-state index contributed by atoms with van der Waals surface area (Å²) in [5.74, 6) is -0.0791. The first-order valence-corrected chi connectivity index (χ1v) is 5.57. The Bertz CT molecular complexity index is 548. The molecule has 0 amide bonds. The first-order chi connectivity index (χ1) is 9.08. The van der Waals surface area contributed by atoms with Crippen LogP contribution in [-0.2, 0) is 4.74 Å². The first-order valence-electron chi connectivity index (χ1n) is 5.57. The van der Waals surface area contributed by atoms with Crippen LogP contribution in [0.2, 0.25) is 0 Å². The monoisotopic (exact) mass is 260 g/mol. The summed E-state index contributed by atoms with van der Waals surface area (Å²) in [7, 11) is 2.78. The van der Waals surface area contributed by atoms with Gasteiger partial charge in [0.1, 0.15) is 11.3 Å². The Hall–Kier alpha value is -2.43. The predicted octanol–water partition coefficient (Wildman–Crippen LogP) is 2.47. The number of carbonyl (C=O) groups is 1. The highest BCUT2D eigenvalue weighted by molar-refractivity contribution is 6.13. The summed E-state index contributed by atoms with van der Waals surface area (Å²) in [6, 6.07) is 3.32. The minimum absolute atomic E-state index is 0.295. The first kappa shape index (κ1) is 14.6. The van der Waals surface area contributed by atoms with E-state index in [4.69, 9.17) is 20.3 Å². The van der Waals surface area contributed by atoms with Gasteiger partial charge in [-0.05, 0) is 36.3 Å². The zero-order valence-electron chi connectivity index (χ0n) is 11.1. The van der Waals surface area contributed by atoms with Crippen LogP contribution in [0.3, 0.4) is 0 Å². The highest BCUT2D eigenvalue weighted by Crippen LogP contribution is 2.27. The van der Waals surface area contributed by atoms with Gasteiger partial charge < -0.3 is 20.3 Å². The number of rotatable bonds is 5. The van der Waals surface area contributed by atoms with Crippen molar-refractivity contribution in [2.24, 2.45) is 0 Å². The molecule has 0 bridgehead atoms. The third kappa shape index (κ3) is 3.07. The van der Waals surface area contributed by atoms with Crippen LogP contribution in [0.25, 0.3) is 5.57 Å². The zero-order valence-corrected chi connectivity index (χ0v) is 11.1. The molecule has 19 heavy (non-hydrogen) atoms. The van der Waals surface area contributed by atoms with Crippen LogP contribution in [0.15, 0.2) is 18.2 Å². The number of allylic oxidation sites excluding steroid dienone is 2. The van der Waals surface area contributed by atoms with Crippen LogP contribution in [-0.4, -0.2) is 32.6 Å². The molecule has 0 aliphatic carbocycles. The fourth-order valence-electron chi connectivity index (χ4n) is 1.74. The summed E-state index contributed by atoms with van der Waals surface area (Å²) in [6.45, 7) is 1.85. The van der Waals surface area contributed by atoms with E-state index in [0.717, 1.165) is 18.0 Å². The number of esters is 1. The summed E-state index contributed by atoms with van der Waals surface area (Å²) in [4.78, 5) is 11.7. The third-order valence-corrected chi connectivity index (χ3v) is 2.68. The molecule has 0 unspecified atom stereocenters. The standard InChI is InChI=1S/C14H16N2O3/c1-9-6-13(18-2)12(14(17)19-3)7-11(9)10(8-16)4-5-15/h4-8,15-16H,1-3H3/b10-4+,15-5?,16-8?. The van der Waals surface area contributed by atoms with Crippen molar-refractivity contribution in [3.63, 3.8) is 0 Å². The largest absolute Gasteiger partial charge is 0.496 e. The Morgan fingerprint density at radius 1 is 1.21 bits per heavy atom. The Balaban J connectivity index is 3.50. The SMILES string of the molecule is COC(=O)c1cc(/C(C=N)=C/C=N)c(C)cc1OC. The molecule has 2 N–H and O–H groups in total. The molecule has 0 aliphatic heterocycles. The van der Waals surface area contributed by atoms with E-state index in [0.29, 0.717) is 22.4 Å². The zero-order chi connectivity index (χ0) is 14.4. The maximum atomic E-state index is 11.7. The van der Waals surface area contributed by atoms with Gasteiger partial charge in [0, 0.05) is 18.0 Å². The van der Waals surface area contributed by atoms with Gasteiger partial charge in [-0.2, -0.15) is 0 Å². The maximum Gasteiger partial charge on any atom is 0.341 e. The molecule has 0 fully saturated rings. The molecule has 0 spiro atoms. The number of carbonyl (C=O) groups excluding carboxylic acids is 1. The van der Waals surface area contributed by atoms with E-state index in [-0.39, 0.29) is 0 Å². The molecular formula is C14H16N2O3. The van der Waals surface area contributed by atoms with E-state index in [2.05, 4.69) is 0 Å². The minimum Gasteiger partial charge on any atom is -0.496 e. The van der Waals surface area contributed by atoms with Crippen molar-refractivity contribution in [2.45, 2.75) is 6.92 Å². The van der Waals surface area contributed by atoms with E-state index in [1.165, 1.54) is 20.3 Å². The van der Waals surface area contributed by atoms with Crippen molar-refractivity contribution in [1.29, 1.82) is 10.8 Å². The molecule has 5 heteroatoms. The van der Waals surface area contributed by atoms with Gasteiger partial charge in [-0.15, -0.1) is 0 Å². The predicted molar refractivity (Wildman–Crippen MR) is 74.6 cm³/mol. The number of methoxy groups -OCH3 is 2. The lowest BCUT2D eigenvalue weighted by molar-refractivity contribution is 0.0597. The second-order valence-corrected chi connectivity index (χ2v) is 3.79. The van der Waals surface area contributed by atoms with Crippen LogP contribution in [0, 0.1) is 17.7 Å². The molecule has 1 aromatic carbocycles. The van der Waals surface area contributed by atoms with Crippen molar-refractivity contribution >= 4 is 24.0 Å². The van der Waals surface area contributed by atoms with Crippen LogP contribution in [0.4, 0.5) is 0 Å². The Morgan fingerprint density at radius 2 is 1.89 bits per heavy atom. The molecule has 0 saturated heterocycles. The molecule has 0 atom stereocenters. The summed E-state index contributed by atoms with van der Waals surface area (Å²) in [6.07, 6.45) is 3.73. The Morgan fingerprint density at radius 3 is 2.37 bits per heavy atom. The highest BCUT2D eigenvalue weighted by atomic mass is 16.5. The summed E-state index contributed by atoms with van der Waals surface area (Å²) in [5, 5.41) is 14.5. The Labute approximate surface area is 111 Å². The van der Waals surface area contributed by atoms with Crippen LogP contribution in [0.5, 0.6) is 5.75 Å². The Kier molecular flexibility index (Phi) is 5.00. The molecule has 100 valence electrons. The lowest BCUT2D eigenvalue weighted by Crippen LogP contribution is -2.06. The molecular weight excluding hydrogens is 244 g/mol. The number of benzene rings is 1. The fourth-order valence-corrected chi connectivity index (χ4v) is 1.74. The van der Waals surface area contributed by atoms with Gasteiger partial charge in [-0.25, -0.2) is 4.79 Å². The van der Waals surface area contributed by atoms with Crippen molar-refractivity contribution in [3.8, 4) is 5.75 Å². The minimum atomic E-state index is -0.503. The molecule has 0 radical (unpaired) electrons. The fraction of sp³-hybridized carbons (Fsp3) is 0.214. The van der Waals surface area contributed by atoms with Crippen molar-refractivity contribution < 1.29 is 14.3 Å². The molecule has 1 rings (SSSR count). The lowest BCUT2D eigenvalue weighted by atomic mass is 9.97. The van der Waals surface area contributed by atoms with Crippen LogP contribution >= 0.6 is 0 Å². The van der Waals surface area contributed by atoms with E-state index >= 15 is 0 Å². The summed E-state index contributed by atoms with van der Waals surface area (Å²) < 4.78 is 9.86. The van der Waals surface area contributed by atoms with Crippen molar-refractivity contribution in [3.05, 3.63) is 34.9 Å². The molecule has 0 aliphatic rings. The third-order valence-electron chi connectivity index (χ3n) is 2.68. The normalized spacial score (nSPS) is 10.8. The van der Waals surface area contributed by atoms with Gasteiger partial charge in [0.25, 0.3) is 0 Å². The summed E-state index contributed by atoms with van der Waals surface area (Å²) >= 11 is 0. The number of ether oxygens (including phenoxy) is 2. The van der Waals surface area contributed by atoms with Crippen LogP contribution in [0.1, 0.15) is 21.5 Å². The van der Waals surface area contributed by atoms with Gasteiger partial charge >= 0.3 is 5.97 Å². The lowest BCUT2D eigenvalue weighted by Gasteiger charge is -2.12. The average molecular weight is 260 g/mol. The second kappa shape index (κ2) is 6.49. The van der Waals surface area contributed by atoms with Gasteiger partial charge in [-0.1, -0.05) is 0 Å². The van der Waals surface area contributed by atoms with Crippen molar-refractivity contribution in [1.82, 2.24) is 0 Å². The smallest absolute Gasteiger partial charge is 0.341 e. The van der Waals surface area contributed by atoms with Gasteiger partial charge in [-0.3, -0.25) is 0 Å². The topological polar surface area (TPSA) is 83.2 Å².